The lowest BCUT2D eigenvalue weighted by Crippen LogP contribution is -2.08. The van der Waals surface area contributed by atoms with Crippen LogP contribution in [-0.4, -0.2) is 24.3 Å². The number of hydrogen-bond acceptors (Lipinski definition) is 3. The van der Waals surface area contributed by atoms with Crippen molar-refractivity contribution in [2.75, 3.05) is 0 Å². The maximum Gasteiger partial charge on any atom is 0.387 e. The molecule has 0 atom stereocenters. The molecule has 0 bridgehead atoms. The zero-order valence-electron chi connectivity index (χ0n) is 12.1. The highest BCUT2D eigenvalue weighted by Gasteiger charge is 2.15. The van der Waals surface area contributed by atoms with Crippen LogP contribution in [0.25, 0.3) is 5.57 Å². The highest BCUT2D eigenvalue weighted by Crippen LogP contribution is 2.33. The third kappa shape index (κ3) is 6.96. The fourth-order valence-corrected chi connectivity index (χ4v) is 1.40. The van der Waals surface area contributed by atoms with Gasteiger partial charge >= 0.3 is 19.2 Å². The van der Waals surface area contributed by atoms with Gasteiger partial charge < -0.3 is 14.6 Å². The summed E-state index contributed by atoms with van der Waals surface area (Å²) >= 11 is 0. The van der Waals surface area contributed by atoms with Crippen molar-refractivity contribution in [3.05, 3.63) is 29.8 Å². The maximum absolute atomic E-state index is 12.2. The molecule has 1 rings (SSSR count). The predicted molar refractivity (Wildman–Crippen MR) is 72.3 cm³/mol. The van der Waals surface area contributed by atoms with E-state index in [0.717, 1.165) is 18.2 Å². The van der Waals surface area contributed by atoms with E-state index in [1.165, 1.54) is 13.0 Å². The van der Waals surface area contributed by atoms with Crippen molar-refractivity contribution in [1.29, 1.82) is 0 Å². The number of benzene rings is 1. The van der Waals surface area contributed by atoms with E-state index in [1.807, 2.05) is 13.8 Å². The second kappa shape index (κ2) is 9.64. The molecular weight excluding hydrogens is 308 g/mol. The molecule has 8 heteroatoms. The molecule has 1 aromatic rings. The molecule has 0 saturated carbocycles. The summed E-state index contributed by atoms with van der Waals surface area (Å²) in [5.74, 6) is -2.39. The number of carboxylic acid groups (broad SMARTS) is 1. The summed E-state index contributed by atoms with van der Waals surface area (Å²) in [5.41, 5.74) is 0.463. The largest absolute Gasteiger partial charge is 0.478 e. The monoisotopic (exact) mass is 324 g/mol. The van der Waals surface area contributed by atoms with Crippen LogP contribution in [-0.2, 0) is 4.79 Å². The lowest BCUT2D eigenvalue weighted by atomic mass is 10.1. The Balaban J connectivity index is 0.00000211. The first kappa shape index (κ1) is 19.8. The highest BCUT2D eigenvalue weighted by atomic mass is 19.3. The number of ether oxygens (including phenoxy) is 2. The van der Waals surface area contributed by atoms with Crippen LogP contribution in [0.1, 0.15) is 26.3 Å². The van der Waals surface area contributed by atoms with Crippen molar-refractivity contribution < 1.29 is 36.9 Å². The topological polar surface area (TPSA) is 55.8 Å². The molecule has 4 nitrogen and oxygen atoms in total. The van der Waals surface area contributed by atoms with Gasteiger partial charge in [0.25, 0.3) is 0 Å². The van der Waals surface area contributed by atoms with E-state index in [2.05, 4.69) is 9.47 Å². The van der Waals surface area contributed by atoms with Crippen LogP contribution in [0.3, 0.4) is 0 Å². The van der Waals surface area contributed by atoms with E-state index in [0.29, 0.717) is 0 Å². The Morgan fingerprint density at radius 3 is 2.05 bits per heavy atom. The van der Waals surface area contributed by atoms with Crippen molar-refractivity contribution >= 4 is 11.5 Å². The Morgan fingerprint density at radius 1 is 1.09 bits per heavy atom. The molecule has 0 saturated heterocycles. The second-order valence-corrected chi connectivity index (χ2v) is 3.58. The maximum atomic E-state index is 12.2. The number of rotatable bonds is 6. The van der Waals surface area contributed by atoms with Crippen molar-refractivity contribution in [3.63, 3.8) is 0 Å². The number of carboxylic acids is 1. The lowest BCUT2D eigenvalue weighted by Gasteiger charge is -2.13. The van der Waals surface area contributed by atoms with E-state index in [1.54, 1.807) is 0 Å². The van der Waals surface area contributed by atoms with Gasteiger partial charge in [-0.3, -0.25) is 0 Å². The Labute approximate surface area is 125 Å². The summed E-state index contributed by atoms with van der Waals surface area (Å²) in [6.07, 6.45) is 0.842. The van der Waals surface area contributed by atoms with Crippen molar-refractivity contribution in [2.45, 2.75) is 34.0 Å². The van der Waals surface area contributed by atoms with Gasteiger partial charge in [-0.1, -0.05) is 19.9 Å². The van der Waals surface area contributed by atoms with Crippen LogP contribution in [0.5, 0.6) is 11.5 Å². The Kier molecular flexibility index (Phi) is 8.66. The summed E-state index contributed by atoms with van der Waals surface area (Å²) in [4.78, 5) is 10.5. The van der Waals surface area contributed by atoms with Gasteiger partial charge in [-0.2, -0.15) is 17.6 Å². The van der Waals surface area contributed by atoms with Crippen LogP contribution in [0, 0.1) is 0 Å². The number of carbonyl (C=O) groups is 1. The fourth-order valence-electron chi connectivity index (χ4n) is 1.40. The van der Waals surface area contributed by atoms with Gasteiger partial charge in [-0.25, -0.2) is 4.79 Å². The zero-order valence-corrected chi connectivity index (χ0v) is 12.1. The molecule has 0 heterocycles. The third-order valence-corrected chi connectivity index (χ3v) is 2.17. The normalized spacial score (nSPS) is 11.0. The predicted octanol–water partition coefficient (Wildman–Crippen LogP) is 4.40. The molecule has 0 spiro atoms. The van der Waals surface area contributed by atoms with E-state index in [4.69, 9.17) is 5.11 Å². The molecule has 0 aliphatic rings. The molecule has 0 aromatic heterocycles. The Hall–Kier alpha value is -2.25. The van der Waals surface area contributed by atoms with Crippen LogP contribution in [0.15, 0.2) is 24.3 Å². The SMILES string of the molecule is C/C(=C/C(=O)O)c1ccc(OC(F)F)c(OC(F)F)c1.CC. The summed E-state index contributed by atoms with van der Waals surface area (Å²) in [6.45, 7) is -1.01. The van der Waals surface area contributed by atoms with Crippen LogP contribution < -0.4 is 9.47 Å². The molecule has 0 radical (unpaired) electrons. The number of alkyl halides is 4. The van der Waals surface area contributed by atoms with Crippen LogP contribution >= 0.6 is 0 Å². The van der Waals surface area contributed by atoms with Gasteiger partial charge in [-0.15, -0.1) is 0 Å². The highest BCUT2D eigenvalue weighted by molar-refractivity contribution is 5.89. The zero-order chi connectivity index (χ0) is 17.3. The van der Waals surface area contributed by atoms with Gasteiger partial charge in [0.2, 0.25) is 0 Å². The second-order valence-electron chi connectivity index (χ2n) is 3.58. The molecule has 1 aromatic carbocycles. The minimum atomic E-state index is -3.23. The first-order valence-corrected chi connectivity index (χ1v) is 6.25. The van der Waals surface area contributed by atoms with E-state index in [-0.39, 0.29) is 11.1 Å². The molecular formula is C14H16F4O4. The van der Waals surface area contributed by atoms with Gasteiger partial charge in [0, 0.05) is 6.08 Å². The van der Waals surface area contributed by atoms with Gasteiger partial charge in [-0.05, 0) is 30.2 Å². The van der Waals surface area contributed by atoms with Gasteiger partial charge in [0.05, 0.1) is 0 Å². The summed E-state index contributed by atoms with van der Waals surface area (Å²) < 4.78 is 56.8. The lowest BCUT2D eigenvalue weighted by molar-refractivity contribution is -0.131. The Bertz CT molecular complexity index is 516. The van der Waals surface area contributed by atoms with Crippen LogP contribution in [0.2, 0.25) is 0 Å². The van der Waals surface area contributed by atoms with Crippen LogP contribution in [0.4, 0.5) is 17.6 Å². The average Bonchev–Trinajstić information content (AvgIpc) is 2.41. The molecule has 0 unspecified atom stereocenters. The number of aliphatic carboxylic acids is 1. The number of allylic oxidation sites excluding steroid dienone is 1. The molecule has 0 amide bonds. The minimum Gasteiger partial charge on any atom is -0.478 e. The molecule has 0 aliphatic heterocycles. The molecule has 1 N–H and O–H groups in total. The van der Waals surface area contributed by atoms with E-state index < -0.39 is 30.7 Å². The number of halogens is 4. The molecule has 22 heavy (non-hydrogen) atoms. The molecule has 0 aliphatic carbocycles. The number of hydrogen-bond donors (Lipinski definition) is 1. The average molecular weight is 324 g/mol. The summed E-state index contributed by atoms with van der Waals surface area (Å²) in [7, 11) is 0. The van der Waals surface area contributed by atoms with Crippen molar-refractivity contribution in [3.8, 4) is 11.5 Å². The first-order chi connectivity index (χ1) is 10.3. The standard InChI is InChI=1S/C12H10F4O4.C2H6/c1-6(4-10(17)18)7-2-3-8(19-11(13)14)9(5-7)20-12(15)16;1-2/h2-5,11-12H,1H3,(H,17,18);1-2H3/b6-4-;. The first-order valence-electron chi connectivity index (χ1n) is 6.25. The van der Waals surface area contributed by atoms with Gasteiger partial charge in [0.15, 0.2) is 11.5 Å². The van der Waals surface area contributed by atoms with Crippen molar-refractivity contribution in [2.24, 2.45) is 0 Å². The smallest absolute Gasteiger partial charge is 0.387 e. The van der Waals surface area contributed by atoms with E-state index in [9.17, 15) is 22.4 Å². The van der Waals surface area contributed by atoms with E-state index >= 15 is 0 Å². The minimum absolute atomic E-state index is 0.227. The summed E-state index contributed by atoms with van der Waals surface area (Å²) in [5, 5.41) is 8.58. The van der Waals surface area contributed by atoms with Crippen molar-refractivity contribution in [1.82, 2.24) is 0 Å². The third-order valence-electron chi connectivity index (χ3n) is 2.17. The quantitative estimate of drug-likeness (QED) is 0.622. The van der Waals surface area contributed by atoms with Gasteiger partial charge in [0.1, 0.15) is 0 Å². The molecule has 124 valence electrons. The molecule has 0 fully saturated rings. The summed E-state index contributed by atoms with van der Waals surface area (Å²) in [6, 6.07) is 3.25. The Morgan fingerprint density at radius 2 is 1.59 bits per heavy atom. The fraction of sp³-hybridized carbons (Fsp3) is 0.357.